The third-order valence-corrected chi connectivity index (χ3v) is 2.49. The normalized spacial score (nSPS) is 10.9. The van der Waals surface area contributed by atoms with Crippen LogP contribution in [0.15, 0.2) is 6.20 Å². The molecule has 0 radical (unpaired) electrons. The Morgan fingerprint density at radius 1 is 1.65 bits per heavy atom. The van der Waals surface area contributed by atoms with Crippen molar-refractivity contribution in [3.05, 3.63) is 17.5 Å². The van der Waals surface area contributed by atoms with Crippen LogP contribution in [0.25, 0.3) is 0 Å². The number of nitrogens with two attached hydrogens (primary N) is 1. The second-order valence-corrected chi connectivity index (χ2v) is 3.88. The fourth-order valence-corrected chi connectivity index (χ4v) is 1.58. The number of rotatable bonds is 6. The van der Waals surface area contributed by atoms with Crippen LogP contribution >= 0.6 is 0 Å². The Morgan fingerprint density at radius 2 is 2.35 bits per heavy atom. The lowest BCUT2D eigenvalue weighted by Gasteiger charge is -2.16. The summed E-state index contributed by atoms with van der Waals surface area (Å²) in [5.74, 6) is -0.322. The second kappa shape index (κ2) is 6.36. The molecule has 0 aliphatic heterocycles. The number of aryl methyl sites for hydroxylation is 1. The molecule has 96 valence electrons. The van der Waals surface area contributed by atoms with Gasteiger partial charge in [0, 0.05) is 26.7 Å². The van der Waals surface area contributed by atoms with E-state index in [0.717, 1.165) is 12.2 Å². The van der Waals surface area contributed by atoms with Gasteiger partial charge >= 0.3 is 5.97 Å². The summed E-state index contributed by atoms with van der Waals surface area (Å²) in [5.41, 5.74) is 6.86. The van der Waals surface area contributed by atoms with Gasteiger partial charge in [-0.15, -0.1) is 0 Å². The molecule has 0 fully saturated rings. The number of carbonyl (C=O) groups excluding carboxylic acids is 1. The Balaban J connectivity index is 2.82. The second-order valence-electron chi connectivity index (χ2n) is 3.88. The van der Waals surface area contributed by atoms with Gasteiger partial charge in [-0.1, -0.05) is 0 Å². The largest absolute Gasteiger partial charge is 0.462 e. The van der Waals surface area contributed by atoms with E-state index >= 15 is 0 Å². The van der Waals surface area contributed by atoms with Crippen LogP contribution in [0, 0.1) is 0 Å². The predicted molar refractivity (Wildman–Crippen MR) is 64.6 cm³/mol. The Morgan fingerprint density at radius 3 is 2.94 bits per heavy atom. The highest BCUT2D eigenvalue weighted by molar-refractivity contribution is 5.90. The monoisotopic (exact) mass is 240 g/mol. The van der Waals surface area contributed by atoms with E-state index in [1.54, 1.807) is 17.8 Å². The molecule has 0 unspecified atom stereocenters. The summed E-state index contributed by atoms with van der Waals surface area (Å²) >= 11 is 0. The summed E-state index contributed by atoms with van der Waals surface area (Å²) in [6.45, 7) is 4.14. The van der Waals surface area contributed by atoms with Crippen molar-refractivity contribution in [1.29, 1.82) is 0 Å². The first-order valence-electron chi connectivity index (χ1n) is 5.66. The SMILES string of the molecule is CCOC(=O)c1cnn(C)c1CN(C)CCN. The molecule has 0 atom stereocenters. The molecule has 0 aliphatic carbocycles. The van der Waals surface area contributed by atoms with Crippen molar-refractivity contribution in [3.8, 4) is 0 Å². The molecule has 0 bridgehead atoms. The molecule has 6 nitrogen and oxygen atoms in total. The van der Waals surface area contributed by atoms with Crippen molar-refractivity contribution in [2.75, 3.05) is 26.7 Å². The fraction of sp³-hybridized carbons (Fsp3) is 0.636. The molecule has 0 spiro atoms. The van der Waals surface area contributed by atoms with Gasteiger partial charge in [0.25, 0.3) is 0 Å². The molecule has 1 aromatic rings. The van der Waals surface area contributed by atoms with E-state index in [1.807, 2.05) is 19.0 Å². The maximum Gasteiger partial charge on any atom is 0.341 e. The maximum absolute atomic E-state index is 11.7. The van der Waals surface area contributed by atoms with Crippen LogP contribution in [0.2, 0.25) is 0 Å². The number of ether oxygens (including phenoxy) is 1. The first-order chi connectivity index (χ1) is 8.10. The molecule has 0 aromatic carbocycles. The lowest BCUT2D eigenvalue weighted by Crippen LogP contribution is -2.27. The van der Waals surface area contributed by atoms with Gasteiger partial charge in [-0.05, 0) is 14.0 Å². The van der Waals surface area contributed by atoms with Gasteiger partial charge < -0.3 is 10.5 Å². The van der Waals surface area contributed by atoms with E-state index < -0.39 is 0 Å². The van der Waals surface area contributed by atoms with E-state index in [4.69, 9.17) is 10.5 Å². The van der Waals surface area contributed by atoms with E-state index in [0.29, 0.717) is 25.3 Å². The van der Waals surface area contributed by atoms with Gasteiger partial charge in [0.2, 0.25) is 0 Å². The van der Waals surface area contributed by atoms with Crippen LogP contribution in [0.5, 0.6) is 0 Å². The minimum Gasteiger partial charge on any atom is -0.462 e. The van der Waals surface area contributed by atoms with Crippen LogP contribution in [0.4, 0.5) is 0 Å². The zero-order valence-corrected chi connectivity index (χ0v) is 10.6. The van der Waals surface area contributed by atoms with E-state index in [9.17, 15) is 4.79 Å². The Kier molecular flexibility index (Phi) is 5.11. The molecule has 0 saturated carbocycles. The number of hydrogen-bond acceptors (Lipinski definition) is 5. The lowest BCUT2D eigenvalue weighted by molar-refractivity contribution is 0.0524. The Hall–Kier alpha value is -1.40. The molecular weight excluding hydrogens is 220 g/mol. The standard InChI is InChI=1S/C11H20N4O2/c1-4-17-11(16)9-7-13-15(3)10(9)8-14(2)6-5-12/h7H,4-6,8,12H2,1-3H3. The molecule has 0 amide bonds. The van der Waals surface area contributed by atoms with Gasteiger partial charge in [0.15, 0.2) is 0 Å². The number of nitrogens with zero attached hydrogens (tertiary/aromatic N) is 3. The molecular formula is C11H20N4O2. The summed E-state index contributed by atoms with van der Waals surface area (Å²) < 4.78 is 6.68. The summed E-state index contributed by atoms with van der Waals surface area (Å²) in [7, 11) is 3.77. The third-order valence-electron chi connectivity index (χ3n) is 2.49. The molecule has 0 aliphatic rings. The number of carbonyl (C=O) groups is 1. The summed E-state index contributed by atoms with van der Waals surface area (Å²) in [5, 5.41) is 4.09. The summed E-state index contributed by atoms with van der Waals surface area (Å²) in [6, 6.07) is 0. The van der Waals surface area contributed by atoms with Gasteiger partial charge in [0.1, 0.15) is 5.56 Å². The molecule has 17 heavy (non-hydrogen) atoms. The summed E-state index contributed by atoms with van der Waals surface area (Å²) in [4.78, 5) is 13.7. The molecule has 1 heterocycles. The first-order valence-corrected chi connectivity index (χ1v) is 5.66. The van der Waals surface area contributed by atoms with Crippen LogP contribution in [-0.2, 0) is 18.3 Å². The van der Waals surface area contributed by atoms with E-state index in [-0.39, 0.29) is 5.97 Å². The van der Waals surface area contributed by atoms with Gasteiger partial charge in [0.05, 0.1) is 18.5 Å². The topological polar surface area (TPSA) is 73.4 Å². The Bertz CT molecular complexity index is 376. The molecule has 2 N–H and O–H groups in total. The van der Waals surface area contributed by atoms with Crippen molar-refractivity contribution in [2.24, 2.45) is 12.8 Å². The highest BCUT2D eigenvalue weighted by Gasteiger charge is 2.17. The molecule has 1 rings (SSSR count). The van der Waals surface area contributed by atoms with Crippen molar-refractivity contribution >= 4 is 5.97 Å². The summed E-state index contributed by atoms with van der Waals surface area (Å²) in [6.07, 6.45) is 1.55. The highest BCUT2D eigenvalue weighted by atomic mass is 16.5. The van der Waals surface area contributed by atoms with Crippen molar-refractivity contribution in [1.82, 2.24) is 14.7 Å². The smallest absolute Gasteiger partial charge is 0.341 e. The van der Waals surface area contributed by atoms with E-state index in [2.05, 4.69) is 5.10 Å². The van der Waals surface area contributed by atoms with Gasteiger partial charge in [-0.2, -0.15) is 5.10 Å². The van der Waals surface area contributed by atoms with Crippen molar-refractivity contribution < 1.29 is 9.53 Å². The zero-order chi connectivity index (χ0) is 12.8. The minimum absolute atomic E-state index is 0.322. The maximum atomic E-state index is 11.7. The first kappa shape index (κ1) is 13.7. The lowest BCUT2D eigenvalue weighted by atomic mass is 10.2. The van der Waals surface area contributed by atoms with Gasteiger partial charge in [-0.25, -0.2) is 4.79 Å². The number of aromatic nitrogens is 2. The van der Waals surface area contributed by atoms with Gasteiger partial charge in [-0.3, -0.25) is 9.58 Å². The quantitative estimate of drug-likeness (QED) is 0.708. The number of hydrogen-bond donors (Lipinski definition) is 1. The van der Waals surface area contributed by atoms with Crippen molar-refractivity contribution in [2.45, 2.75) is 13.5 Å². The van der Waals surface area contributed by atoms with Crippen LogP contribution in [-0.4, -0.2) is 47.4 Å². The highest BCUT2D eigenvalue weighted by Crippen LogP contribution is 2.11. The number of esters is 1. The third kappa shape index (κ3) is 3.54. The Labute approximate surface area is 101 Å². The average molecular weight is 240 g/mol. The van der Waals surface area contributed by atoms with Crippen LogP contribution in [0.1, 0.15) is 23.0 Å². The van der Waals surface area contributed by atoms with E-state index in [1.165, 1.54) is 0 Å². The predicted octanol–water partition coefficient (Wildman–Crippen LogP) is -0.0127. The molecule has 0 saturated heterocycles. The minimum atomic E-state index is -0.322. The number of likely N-dealkylation sites (N-methyl/N-ethyl adjacent to an activating group) is 1. The zero-order valence-electron chi connectivity index (χ0n) is 10.6. The molecule has 6 heteroatoms. The average Bonchev–Trinajstić information content (AvgIpc) is 2.61. The fourth-order valence-electron chi connectivity index (χ4n) is 1.58. The van der Waals surface area contributed by atoms with Crippen LogP contribution in [0.3, 0.4) is 0 Å². The van der Waals surface area contributed by atoms with Crippen LogP contribution < -0.4 is 5.73 Å². The molecule has 1 aromatic heterocycles. The van der Waals surface area contributed by atoms with Crippen molar-refractivity contribution in [3.63, 3.8) is 0 Å².